The van der Waals surface area contributed by atoms with Gasteiger partial charge in [-0.15, -0.1) is 11.3 Å². The largest absolute Gasteiger partial charge is 0.496 e. The summed E-state index contributed by atoms with van der Waals surface area (Å²) in [6.45, 7) is 3.59. The maximum Gasteiger partial charge on any atom is 0.347 e. The highest BCUT2D eigenvalue weighted by molar-refractivity contribution is 7.22. The van der Waals surface area contributed by atoms with E-state index in [9.17, 15) is 19.1 Å². The van der Waals surface area contributed by atoms with Gasteiger partial charge in [0.25, 0.3) is 0 Å². The molecule has 15 heteroatoms. The van der Waals surface area contributed by atoms with E-state index in [0.717, 1.165) is 4.88 Å². The highest BCUT2D eigenvalue weighted by Crippen LogP contribution is 2.49. The van der Waals surface area contributed by atoms with Crippen LogP contribution < -0.4 is 19.9 Å². The number of halogens is 2. The first-order chi connectivity index (χ1) is 28.5. The predicted molar refractivity (Wildman–Crippen MR) is 223 cm³/mol. The molecule has 3 N–H and O–H groups in total. The molecule has 4 aromatic carbocycles. The summed E-state index contributed by atoms with van der Waals surface area (Å²) in [5, 5.41) is 10.5. The first-order valence-corrected chi connectivity index (χ1v) is 19.6. The Kier molecular flexibility index (Phi) is 12.3. The Morgan fingerprint density at radius 1 is 0.966 bits per heavy atom. The van der Waals surface area contributed by atoms with Crippen molar-refractivity contribution < 1.29 is 38.0 Å². The second-order valence-corrected chi connectivity index (χ2v) is 14.6. The second kappa shape index (κ2) is 17.9. The number of nitrogens with two attached hydrogens (primary N) is 1. The SMILES string of the molecule is CCOC(=O)[C@@H](Cc1cc(CC(=O)O)ccc1OCc1ccnc(-c2ccccc2OC)n1)Oc1ncnc2sc(-c3ccc(F)cc3)c(-c3ccc(N)c(Cl)c3C)c12. The van der Waals surface area contributed by atoms with Crippen LogP contribution in [-0.2, 0) is 33.8 Å². The van der Waals surface area contributed by atoms with E-state index in [-0.39, 0.29) is 31.9 Å². The minimum atomic E-state index is -1.29. The van der Waals surface area contributed by atoms with Crippen molar-refractivity contribution in [3.63, 3.8) is 0 Å². The van der Waals surface area contributed by atoms with Gasteiger partial charge in [0.05, 0.1) is 47.5 Å². The number of nitrogens with zero attached hydrogens (tertiary/aromatic N) is 4. The number of carboxylic acid groups (broad SMARTS) is 1. The molecule has 0 radical (unpaired) electrons. The van der Waals surface area contributed by atoms with Crippen molar-refractivity contribution in [3.8, 4) is 50.3 Å². The van der Waals surface area contributed by atoms with E-state index >= 15 is 0 Å². The van der Waals surface area contributed by atoms with Crippen LogP contribution in [0.5, 0.6) is 17.4 Å². The van der Waals surface area contributed by atoms with E-state index in [1.807, 2.05) is 37.3 Å². The predicted octanol–water partition coefficient (Wildman–Crippen LogP) is 8.93. The molecule has 0 aliphatic rings. The third kappa shape index (κ3) is 8.93. The molecule has 0 aliphatic heterocycles. The first kappa shape index (κ1) is 40.6. The summed E-state index contributed by atoms with van der Waals surface area (Å²) in [5.74, 6) is -0.613. The number of carbonyl (C=O) groups is 2. The zero-order chi connectivity index (χ0) is 41.6. The van der Waals surface area contributed by atoms with Crippen LogP contribution in [0.25, 0.3) is 43.2 Å². The lowest BCUT2D eigenvalue weighted by Gasteiger charge is -2.20. The Balaban J connectivity index is 1.28. The van der Waals surface area contributed by atoms with E-state index in [2.05, 4.69) is 19.9 Å². The van der Waals surface area contributed by atoms with Crippen LogP contribution in [0.15, 0.2) is 97.5 Å². The monoisotopic (exact) mass is 833 g/mol. The van der Waals surface area contributed by atoms with Gasteiger partial charge in [0.2, 0.25) is 12.0 Å². The molecule has 300 valence electrons. The normalized spacial score (nSPS) is 11.6. The number of methoxy groups -OCH3 is 1. The number of aromatic nitrogens is 4. The molecule has 3 aromatic heterocycles. The summed E-state index contributed by atoms with van der Waals surface area (Å²) >= 11 is 8.02. The van der Waals surface area contributed by atoms with E-state index in [1.165, 1.54) is 29.8 Å². The molecule has 1 atom stereocenters. The number of aliphatic carboxylic acids is 1. The fourth-order valence-electron chi connectivity index (χ4n) is 6.58. The van der Waals surface area contributed by atoms with E-state index < -0.39 is 23.9 Å². The summed E-state index contributed by atoms with van der Waals surface area (Å²) in [6, 6.07) is 23.7. The number of hydrogen-bond donors (Lipinski definition) is 2. The Hall–Kier alpha value is -6.64. The fraction of sp³-hybridized carbons (Fsp3) is 0.182. The number of benzene rings is 4. The number of para-hydroxylation sites is 1. The molecule has 0 amide bonds. The van der Waals surface area contributed by atoms with E-state index in [4.69, 9.17) is 36.3 Å². The molecule has 7 rings (SSSR count). The summed E-state index contributed by atoms with van der Waals surface area (Å²) < 4.78 is 38.0. The Morgan fingerprint density at radius 3 is 2.53 bits per heavy atom. The maximum absolute atomic E-state index is 14.1. The van der Waals surface area contributed by atoms with Gasteiger partial charge in [0.15, 0.2) is 5.82 Å². The molecule has 12 nitrogen and oxygen atoms in total. The minimum absolute atomic E-state index is 0.0152. The third-order valence-electron chi connectivity index (χ3n) is 9.37. The number of carboxylic acids is 1. The average molecular weight is 834 g/mol. The van der Waals surface area contributed by atoms with E-state index in [1.54, 1.807) is 62.7 Å². The second-order valence-electron chi connectivity index (χ2n) is 13.2. The molecule has 3 heterocycles. The Labute approximate surface area is 347 Å². The number of rotatable bonds is 15. The van der Waals surface area contributed by atoms with Crippen LogP contribution in [-0.4, -0.2) is 56.8 Å². The van der Waals surface area contributed by atoms with Crippen LogP contribution in [0.2, 0.25) is 5.02 Å². The minimum Gasteiger partial charge on any atom is -0.496 e. The summed E-state index contributed by atoms with van der Waals surface area (Å²) in [4.78, 5) is 45.0. The highest BCUT2D eigenvalue weighted by Gasteiger charge is 2.29. The zero-order valence-electron chi connectivity index (χ0n) is 32.1. The fourth-order valence-corrected chi connectivity index (χ4v) is 7.90. The van der Waals surface area contributed by atoms with Crippen LogP contribution in [0.4, 0.5) is 10.1 Å². The van der Waals surface area contributed by atoms with Crippen LogP contribution in [0, 0.1) is 12.7 Å². The van der Waals surface area contributed by atoms with Crippen molar-refractivity contribution in [2.75, 3.05) is 19.5 Å². The van der Waals surface area contributed by atoms with Crippen LogP contribution >= 0.6 is 22.9 Å². The summed E-state index contributed by atoms with van der Waals surface area (Å²) in [7, 11) is 1.57. The zero-order valence-corrected chi connectivity index (χ0v) is 33.6. The number of anilines is 1. The highest BCUT2D eigenvalue weighted by atomic mass is 35.5. The first-order valence-electron chi connectivity index (χ1n) is 18.4. The number of hydrogen-bond acceptors (Lipinski definition) is 12. The quantitative estimate of drug-likeness (QED) is 0.0744. The molecule has 0 bridgehead atoms. The van der Waals surface area contributed by atoms with Gasteiger partial charge in [-0.2, -0.15) is 0 Å². The maximum atomic E-state index is 14.1. The molecule has 0 aliphatic carbocycles. The summed E-state index contributed by atoms with van der Waals surface area (Å²) in [6.07, 6.45) is 1.30. The number of fused-ring (bicyclic) bond motifs is 1. The topological polar surface area (TPSA) is 169 Å². The average Bonchev–Trinajstić information content (AvgIpc) is 3.62. The smallest absolute Gasteiger partial charge is 0.347 e. The van der Waals surface area contributed by atoms with Gasteiger partial charge in [-0.05, 0) is 84.1 Å². The van der Waals surface area contributed by atoms with Crippen molar-refractivity contribution >= 4 is 50.8 Å². The van der Waals surface area contributed by atoms with Crippen LogP contribution in [0.1, 0.15) is 29.3 Å². The lowest BCUT2D eigenvalue weighted by molar-refractivity contribution is -0.151. The van der Waals surface area contributed by atoms with Crippen molar-refractivity contribution in [1.82, 2.24) is 19.9 Å². The summed E-state index contributed by atoms with van der Waals surface area (Å²) in [5.41, 5.74) is 11.5. The van der Waals surface area contributed by atoms with Gasteiger partial charge in [0.1, 0.15) is 35.1 Å². The number of ether oxygens (including phenoxy) is 4. The Bertz CT molecular complexity index is 2680. The van der Waals surface area contributed by atoms with Gasteiger partial charge in [-0.3, -0.25) is 4.79 Å². The Morgan fingerprint density at radius 2 is 1.76 bits per heavy atom. The number of thiophene rings is 1. The molecular formula is C44H37ClFN5O7S. The van der Waals surface area contributed by atoms with Gasteiger partial charge < -0.3 is 29.8 Å². The van der Waals surface area contributed by atoms with Gasteiger partial charge in [-0.25, -0.2) is 29.1 Å². The third-order valence-corrected chi connectivity index (χ3v) is 11.0. The van der Waals surface area contributed by atoms with Crippen molar-refractivity contribution in [2.24, 2.45) is 0 Å². The molecule has 7 aromatic rings. The number of esters is 1. The molecule has 0 saturated heterocycles. The molecule has 0 spiro atoms. The van der Waals surface area contributed by atoms with Gasteiger partial charge in [-0.1, -0.05) is 54.1 Å². The lowest BCUT2D eigenvalue weighted by Crippen LogP contribution is -2.32. The van der Waals surface area contributed by atoms with Crippen molar-refractivity contribution in [3.05, 3.63) is 131 Å². The number of carbonyl (C=O) groups excluding carboxylic acids is 1. The standard InChI is InChI=1S/C44H37ClFN5O7S/c1-4-56-44(54)35(21-27-19-25(20-36(52)53)9-16-33(27)57-22-29-17-18-48-41(51-29)31-7-5-6-8-34(31)55-3)58-42-38-37(30-14-15-32(47)39(45)24(30)2)40(59-43(38)50-23-49-42)26-10-12-28(46)13-11-26/h5-19,23,35H,4,20-22,47H2,1-3H3,(H,52,53)/t35-/m1/s1. The van der Waals surface area contributed by atoms with E-state index in [0.29, 0.717) is 82.9 Å². The van der Waals surface area contributed by atoms with Crippen molar-refractivity contribution in [2.45, 2.75) is 39.4 Å². The van der Waals surface area contributed by atoms with Gasteiger partial charge >= 0.3 is 11.9 Å². The van der Waals surface area contributed by atoms with Crippen LogP contribution in [0.3, 0.4) is 0 Å². The molecule has 0 unspecified atom stereocenters. The molecule has 0 saturated carbocycles. The van der Waals surface area contributed by atoms with Gasteiger partial charge in [0, 0.05) is 23.1 Å². The number of nitrogen functional groups attached to an aromatic ring is 1. The molecule has 0 fully saturated rings. The molecular weight excluding hydrogens is 797 g/mol. The lowest BCUT2D eigenvalue weighted by atomic mass is 9.95. The molecule has 59 heavy (non-hydrogen) atoms. The van der Waals surface area contributed by atoms with Crippen molar-refractivity contribution in [1.29, 1.82) is 0 Å².